The van der Waals surface area contributed by atoms with Gasteiger partial charge in [0.25, 0.3) is 0 Å². The molecular formula is C34H39N7O6. The number of benzene rings is 2. The second-order valence-corrected chi connectivity index (χ2v) is 12.2. The van der Waals surface area contributed by atoms with E-state index in [2.05, 4.69) is 10.3 Å². The smallest absolute Gasteiger partial charge is 0.338 e. The lowest BCUT2D eigenvalue weighted by atomic mass is 10.1. The van der Waals surface area contributed by atoms with Crippen molar-refractivity contribution in [2.24, 2.45) is 0 Å². The predicted octanol–water partition coefficient (Wildman–Crippen LogP) is 5.27. The van der Waals surface area contributed by atoms with Gasteiger partial charge in [-0.25, -0.2) is 14.3 Å². The Hall–Kier alpha value is -5.30. The number of methoxy groups -OCH3 is 3. The summed E-state index contributed by atoms with van der Waals surface area (Å²) in [7, 11) is 4.71. The normalized spacial score (nSPS) is 14.8. The third kappa shape index (κ3) is 6.39. The minimum Gasteiger partial charge on any atom is -0.493 e. The van der Waals surface area contributed by atoms with Crippen molar-refractivity contribution in [3.63, 3.8) is 0 Å². The Morgan fingerprint density at radius 3 is 2.38 bits per heavy atom. The van der Waals surface area contributed by atoms with Gasteiger partial charge in [0.2, 0.25) is 11.7 Å². The van der Waals surface area contributed by atoms with Crippen molar-refractivity contribution >= 4 is 29.1 Å². The first-order valence-corrected chi connectivity index (χ1v) is 15.3. The molecule has 3 aromatic heterocycles. The van der Waals surface area contributed by atoms with Gasteiger partial charge in [-0.15, -0.1) is 5.10 Å². The third-order valence-electron chi connectivity index (χ3n) is 7.94. The average molecular weight is 642 g/mol. The Morgan fingerprint density at radius 1 is 1.02 bits per heavy atom. The third-order valence-corrected chi connectivity index (χ3v) is 7.94. The maximum atomic E-state index is 12.6. The minimum atomic E-state index is -0.587. The lowest BCUT2D eigenvalue weighted by Crippen LogP contribution is -2.34. The Bertz CT molecular complexity index is 1870. The Morgan fingerprint density at radius 2 is 1.74 bits per heavy atom. The highest BCUT2D eigenvalue weighted by atomic mass is 16.6. The number of esters is 1. The molecule has 1 fully saturated rings. The van der Waals surface area contributed by atoms with E-state index >= 15 is 0 Å². The van der Waals surface area contributed by atoms with Crippen LogP contribution in [0, 0.1) is 0 Å². The van der Waals surface area contributed by atoms with E-state index in [9.17, 15) is 9.90 Å². The molecule has 1 aliphatic rings. The highest BCUT2D eigenvalue weighted by molar-refractivity contribution is 5.90. The number of nitrogens with zero attached hydrogens (tertiary/aromatic N) is 6. The van der Waals surface area contributed by atoms with Crippen LogP contribution in [0.3, 0.4) is 0 Å². The van der Waals surface area contributed by atoms with Crippen LogP contribution in [-0.4, -0.2) is 81.3 Å². The first-order valence-electron chi connectivity index (χ1n) is 15.3. The lowest BCUT2D eigenvalue weighted by molar-refractivity contribution is 0.00695. The zero-order valence-electron chi connectivity index (χ0n) is 27.4. The number of carbonyl (C=O) groups is 1. The number of fused-ring (bicyclic) bond motifs is 1. The molecule has 4 heterocycles. The number of imidazole rings is 1. The zero-order valence-corrected chi connectivity index (χ0v) is 27.4. The number of ether oxygens (including phenoxy) is 4. The number of aromatic nitrogens is 5. The van der Waals surface area contributed by atoms with Crippen LogP contribution in [0.15, 0.2) is 61.1 Å². The fraction of sp³-hybridized carbons (Fsp3) is 0.353. The van der Waals surface area contributed by atoms with Gasteiger partial charge in [-0.1, -0.05) is 12.1 Å². The van der Waals surface area contributed by atoms with Crippen LogP contribution < -0.4 is 24.4 Å². The Labute approximate surface area is 272 Å². The molecule has 0 amide bonds. The van der Waals surface area contributed by atoms with Crippen LogP contribution in [0.4, 0.5) is 17.6 Å². The fourth-order valence-corrected chi connectivity index (χ4v) is 5.69. The number of nitrogens with one attached hydrogen (secondary N) is 1. The van der Waals surface area contributed by atoms with Crippen LogP contribution in [0.1, 0.15) is 44.0 Å². The monoisotopic (exact) mass is 641 g/mol. The fourth-order valence-electron chi connectivity index (χ4n) is 5.69. The van der Waals surface area contributed by atoms with Crippen LogP contribution in [0.25, 0.3) is 22.5 Å². The number of anilines is 3. The molecule has 0 radical (unpaired) electrons. The second-order valence-electron chi connectivity index (χ2n) is 12.2. The van der Waals surface area contributed by atoms with Crippen LogP contribution in [0.5, 0.6) is 17.2 Å². The summed E-state index contributed by atoms with van der Waals surface area (Å²) in [5, 5.41) is 18.4. The molecule has 0 spiro atoms. The number of hydrogen-bond donors (Lipinski definition) is 2. The summed E-state index contributed by atoms with van der Waals surface area (Å²) < 4.78 is 25.7. The van der Waals surface area contributed by atoms with Crippen LogP contribution >= 0.6 is 0 Å². The molecule has 1 atom stereocenters. The van der Waals surface area contributed by atoms with Gasteiger partial charge in [-0.2, -0.15) is 4.98 Å². The summed E-state index contributed by atoms with van der Waals surface area (Å²) in [6.07, 6.45) is 5.30. The van der Waals surface area contributed by atoms with E-state index in [0.29, 0.717) is 40.4 Å². The lowest BCUT2D eigenvalue weighted by Gasteiger charge is -2.23. The van der Waals surface area contributed by atoms with Gasteiger partial charge in [0.15, 0.2) is 17.3 Å². The summed E-state index contributed by atoms with van der Waals surface area (Å²) in [6, 6.07) is 14.8. The predicted molar refractivity (Wildman–Crippen MR) is 178 cm³/mol. The van der Waals surface area contributed by atoms with Crippen molar-refractivity contribution in [3.05, 3.63) is 66.6 Å². The molecular weight excluding hydrogens is 602 g/mol. The molecule has 246 valence electrons. The maximum absolute atomic E-state index is 12.6. The number of aliphatic hydroxyl groups is 1. The number of aliphatic hydroxyl groups excluding tert-OH is 1. The molecule has 0 saturated carbocycles. The topological polar surface area (TPSA) is 138 Å². The van der Waals surface area contributed by atoms with Gasteiger partial charge in [-0.05, 0) is 57.9 Å². The van der Waals surface area contributed by atoms with Crippen molar-refractivity contribution in [2.75, 3.05) is 44.7 Å². The van der Waals surface area contributed by atoms with Crippen molar-refractivity contribution in [1.82, 2.24) is 24.1 Å². The molecule has 5 aromatic rings. The highest BCUT2D eigenvalue weighted by Gasteiger charge is 2.28. The largest absolute Gasteiger partial charge is 0.493 e. The van der Waals surface area contributed by atoms with Gasteiger partial charge in [0.05, 0.1) is 57.1 Å². The molecule has 2 aromatic carbocycles. The highest BCUT2D eigenvalue weighted by Crippen LogP contribution is 2.39. The summed E-state index contributed by atoms with van der Waals surface area (Å²) in [5.41, 5.74) is 3.03. The molecule has 0 aliphatic carbocycles. The quantitative estimate of drug-likeness (QED) is 0.193. The van der Waals surface area contributed by atoms with E-state index < -0.39 is 5.60 Å². The van der Waals surface area contributed by atoms with Gasteiger partial charge in [-0.3, -0.25) is 0 Å². The summed E-state index contributed by atoms with van der Waals surface area (Å²) in [4.78, 5) is 24.2. The Balaban J connectivity index is 1.37. The SMILES string of the molecule is COc1cc(-n2cnc(Nc3nc(N4CCC[C@H]4CO)nn4c(-c5ccc(C(=O)OC(C)(C)C)cc5)ccc34)c2)cc(OC)c1OC. The van der Waals surface area contributed by atoms with Gasteiger partial charge in [0, 0.05) is 24.2 Å². The zero-order chi connectivity index (χ0) is 33.3. The molecule has 1 aliphatic heterocycles. The summed E-state index contributed by atoms with van der Waals surface area (Å²) in [6.45, 7) is 6.26. The molecule has 1 saturated heterocycles. The molecule has 2 N–H and O–H groups in total. The van der Waals surface area contributed by atoms with E-state index in [-0.39, 0.29) is 18.6 Å². The number of carbonyl (C=O) groups excluding carboxylic acids is 1. The molecule has 6 rings (SSSR count). The number of hydrogen-bond acceptors (Lipinski definition) is 11. The van der Waals surface area contributed by atoms with Crippen molar-refractivity contribution in [3.8, 4) is 34.2 Å². The van der Waals surface area contributed by atoms with E-state index in [0.717, 1.165) is 41.8 Å². The molecule has 0 unspecified atom stereocenters. The molecule has 13 nitrogen and oxygen atoms in total. The molecule has 0 bridgehead atoms. The second kappa shape index (κ2) is 12.8. The van der Waals surface area contributed by atoms with E-state index in [4.69, 9.17) is 29.0 Å². The van der Waals surface area contributed by atoms with Crippen molar-refractivity contribution in [2.45, 2.75) is 45.3 Å². The van der Waals surface area contributed by atoms with E-state index in [1.165, 1.54) is 0 Å². The first-order chi connectivity index (χ1) is 22.6. The first kappa shape index (κ1) is 31.7. The average Bonchev–Trinajstić information content (AvgIpc) is 3.83. The van der Waals surface area contributed by atoms with Crippen LogP contribution in [-0.2, 0) is 4.74 Å². The standard InChI is InChI=1S/C34H39N7O6/c1-34(2,3)47-32(43)22-11-9-21(10-12-22)25-13-14-26-31(37-33(38-41(25)26)40-15-7-8-23(40)19-42)36-29-18-39(20-35-29)24-16-27(44-4)30(46-6)28(17-24)45-5/h9-14,16-18,20,23,42H,7-8,15,19H2,1-6H3,(H,36,37,38)/t23-/m0/s1. The molecule has 13 heteroatoms. The maximum Gasteiger partial charge on any atom is 0.338 e. The van der Waals surface area contributed by atoms with E-state index in [1.807, 2.05) is 77.3 Å². The Kier molecular flexibility index (Phi) is 8.65. The summed E-state index contributed by atoms with van der Waals surface area (Å²) >= 11 is 0. The van der Waals surface area contributed by atoms with E-state index in [1.54, 1.807) is 39.8 Å². The molecule has 47 heavy (non-hydrogen) atoms. The minimum absolute atomic E-state index is 0.00795. The summed E-state index contributed by atoms with van der Waals surface area (Å²) in [5.74, 6) is 2.76. The van der Waals surface area contributed by atoms with Crippen molar-refractivity contribution in [1.29, 1.82) is 0 Å². The van der Waals surface area contributed by atoms with Gasteiger partial charge in [0.1, 0.15) is 23.3 Å². The van der Waals surface area contributed by atoms with Crippen LogP contribution in [0.2, 0.25) is 0 Å². The van der Waals surface area contributed by atoms with Gasteiger partial charge >= 0.3 is 5.97 Å². The van der Waals surface area contributed by atoms with Crippen molar-refractivity contribution < 1.29 is 28.8 Å². The number of rotatable bonds is 10. The van der Waals surface area contributed by atoms with Gasteiger partial charge < -0.3 is 38.8 Å².